The number of alkyl halides is 2. The molecule has 2 aliphatic rings. The van der Waals surface area contributed by atoms with Gasteiger partial charge in [-0.25, -0.2) is 4.79 Å². The van der Waals surface area contributed by atoms with Crippen LogP contribution in [0.5, 0.6) is 0 Å². The van der Waals surface area contributed by atoms with Gasteiger partial charge in [0.25, 0.3) is 11.8 Å². The van der Waals surface area contributed by atoms with Crippen LogP contribution in [-0.2, 0) is 16.1 Å². The van der Waals surface area contributed by atoms with E-state index in [9.17, 15) is 28.0 Å². The number of carbonyl (C=O) groups is 4. The molecule has 1 fully saturated rings. The van der Waals surface area contributed by atoms with Crippen molar-refractivity contribution in [1.29, 1.82) is 0 Å². The van der Waals surface area contributed by atoms with Crippen LogP contribution in [0.1, 0.15) is 52.0 Å². The summed E-state index contributed by atoms with van der Waals surface area (Å²) in [5, 5.41) is 0. The number of rotatable bonds is 4. The second kappa shape index (κ2) is 8.41. The minimum absolute atomic E-state index is 0.0297. The van der Waals surface area contributed by atoms with E-state index in [0.717, 1.165) is 12.8 Å². The van der Waals surface area contributed by atoms with E-state index in [0.29, 0.717) is 30.5 Å². The summed E-state index contributed by atoms with van der Waals surface area (Å²) in [6, 6.07) is 4.04. The van der Waals surface area contributed by atoms with Crippen LogP contribution in [0.4, 0.5) is 13.6 Å². The maximum Gasteiger partial charge on any atom is 0.404 e. The molecule has 1 aliphatic carbocycles. The van der Waals surface area contributed by atoms with Crippen molar-refractivity contribution in [3.63, 3.8) is 0 Å². The zero-order valence-electron chi connectivity index (χ0n) is 15.3. The van der Waals surface area contributed by atoms with E-state index in [1.807, 2.05) is 5.43 Å². The number of nitrogens with zero attached hydrogens (tertiary/aromatic N) is 1. The van der Waals surface area contributed by atoms with Gasteiger partial charge in [-0.15, -0.1) is 0 Å². The van der Waals surface area contributed by atoms with Crippen LogP contribution in [0.25, 0.3) is 0 Å². The van der Waals surface area contributed by atoms with Gasteiger partial charge in [-0.3, -0.25) is 25.2 Å². The maximum atomic E-state index is 12.9. The molecule has 3 rings (SSSR count). The predicted octanol–water partition coefficient (Wildman–Crippen LogP) is 1.07. The van der Waals surface area contributed by atoms with Crippen molar-refractivity contribution < 1.29 is 32.7 Å². The third-order valence-electron chi connectivity index (χ3n) is 5.04. The van der Waals surface area contributed by atoms with Gasteiger partial charge in [0.2, 0.25) is 0 Å². The zero-order valence-corrected chi connectivity index (χ0v) is 15.3. The number of hydrazine groups is 1. The monoisotopic (exact) mass is 410 g/mol. The standard InChI is InChI=1S/C18H20F2N4O5/c19-14(20)16(26)23-22-15(25)9-5-6-10-8-24(17(27)11(10)7-9)12-3-1-2-4-13(12)29-18(21)28/h5-7,12-14H,1-4,8H2,(H2,21,28)(H,22,25)(H,23,26)/t12-,13-/m1/s1. The van der Waals surface area contributed by atoms with E-state index in [4.69, 9.17) is 10.5 Å². The Morgan fingerprint density at radius 3 is 2.59 bits per heavy atom. The Morgan fingerprint density at radius 2 is 1.90 bits per heavy atom. The molecule has 1 aromatic rings. The van der Waals surface area contributed by atoms with Crippen molar-refractivity contribution in [3.05, 3.63) is 34.9 Å². The van der Waals surface area contributed by atoms with Gasteiger partial charge in [-0.1, -0.05) is 12.5 Å². The molecule has 0 aromatic heterocycles. The van der Waals surface area contributed by atoms with E-state index in [-0.39, 0.29) is 17.5 Å². The third kappa shape index (κ3) is 4.44. The number of nitrogens with one attached hydrogen (secondary N) is 2. The Kier molecular flexibility index (Phi) is 5.95. The van der Waals surface area contributed by atoms with Crippen LogP contribution in [-0.4, -0.2) is 47.3 Å². The molecule has 2 atom stereocenters. The number of primary amides is 1. The first-order valence-electron chi connectivity index (χ1n) is 9.06. The molecule has 0 radical (unpaired) electrons. The molecular weight excluding hydrogens is 390 g/mol. The van der Waals surface area contributed by atoms with Gasteiger partial charge in [-0.2, -0.15) is 8.78 Å². The number of amides is 4. The molecule has 9 nitrogen and oxygen atoms in total. The summed E-state index contributed by atoms with van der Waals surface area (Å²) in [7, 11) is 0. The molecule has 29 heavy (non-hydrogen) atoms. The Labute approximate surface area is 164 Å². The van der Waals surface area contributed by atoms with E-state index in [1.165, 1.54) is 12.1 Å². The maximum absolute atomic E-state index is 12.9. The lowest BCUT2D eigenvalue weighted by Crippen LogP contribution is -2.48. The fraction of sp³-hybridized carbons (Fsp3) is 0.444. The molecule has 11 heteroatoms. The average molecular weight is 410 g/mol. The summed E-state index contributed by atoms with van der Waals surface area (Å²) < 4.78 is 29.6. The van der Waals surface area contributed by atoms with Crippen molar-refractivity contribution in [2.75, 3.05) is 0 Å². The summed E-state index contributed by atoms with van der Waals surface area (Å²) >= 11 is 0. The molecule has 156 valence electrons. The predicted molar refractivity (Wildman–Crippen MR) is 94.6 cm³/mol. The molecule has 0 saturated heterocycles. The molecule has 4 amide bonds. The fourth-order valence-corrected chi connectivity index (χ4v) is 3.70. The number of fused-ring (bicyclic) bond motifs is 1. The molecule has 0 unspecified atom stereocenters. The third-order valence-corrected chi connectivity index (χ3v) is 5.04. The molecule has 0 bridgehead atoms. The number of ether oxygens (including phenoxy) is 1. The summed E-state index contributed by atoms with van der Waals surface area (Å²) in [5.74, 6) is -2.79. The average Bonchev–Trinajstić information content (AvgIpc) is 3.01. The van der Waals surface area contributed by atoms with Gasteiger partial charge in [0.05, 0.1) is 6.04 Å². The van der Waals surface area contributed by atoms with Gasteiger partial charge in [0, 0.05) is 17.7 Å². The van der Waals surface area contributed by atoms with E-state index in [2.05, 4.69) is 0 Å². The van der Waals surface area contributed by atoms with Crippen LogP contribution < -0.4 is 16.6 Å². The highest BCUT2D eigenvalue weighted by atomic mass is 19.3. The Balaban J connectivity index is 1.73. The molecule has 1 heterocycles. The van der Waals surface area contributed by atoms with Crippen molar-refractivity contribution >= 4 is 23.8 Å². The summed E-state index contributed by atoms with van der Waals surface area (Å²) in [4.78, 5) is 48.6. The Hall–Kier alpha value is -3.24. The number of hydrogen-bond donors (Lipinski definition) is 3. The first-order chi connectivity index (χ1) is 13.8. The lowest BCUT2D eigenvalue weighted by Gasteiger charge is -2.36. The van der Waals surface area contributed by atoms with Crippen LogP contribution in [0.2, 0.25) is 0 Å². The molecule has 4 N–H and O–H groups in total. The quantitative estimate of drug-likeness (QED) is 0.639. The molecule has 1 aromatic carbocycles. The largest absolute Gasteiger partial charge is 0.444 e. The number of benzene rings is 1. The topological polar surface area (TPSA) is 131 Å². The fourth-order valence-electron chi connectivity index (χ4n) is 3.70. The lowest BCUT2D eigenvalue weighted by atomic mass is 9.91. The number of hydrogen-bond acceptors (Lipinski definition) is 5. The van der Waals surface area contributed by atoms with Gasteiger partial charge in [0.15, 0.2) is 0 Å². The number of carbonyl (C=O) groups excluding carboxylic acids is 4. The first kappa shape index (κ1) is 20.5. The van der Waals surface area contributed by atoms with Crippen LogP contribution in [0.15, 0.2) is 18.2 Å². The Bertz CT molecular complexity index is 848. The summed E-state index contributed by atoms with van der Waals surface area (Å²) in [6.07, 6.45) is -1.66. The minimum atomic E-state index is -3.27. The van der Waals surface area contributed by atoms with Crippen molar-refractivity contribution in [1.82, 2.24) is 15.8 Å². The van der Waals surface area contributed by atoms with Crippen molar-refractivity contribution in [2.45, 2.75) is 50.8 Å². The van der Waals surface area contributed by atoms with Gasteiger partial charge in [-0.05, 0) is 37.0 Å². The summed E-state index contributed by atoms with van der Waals surface area (Å²) in [5.41, 5.74) is 9.62. The van der Waals surface area contributed by atoms with Gasteiger partial charge >= 0.3 is 18.4 Å². The minimum Gasteiger partial charge on any atom is -0.444 e. The second-order valence-electron chi connectivity index (χ2n) is 6.88. The zero-order chi connectivity index (χ0) is 21.1. The molecule has 1 aliphatic heterocycles. The highest BCUT2D eigenvalue weighted by molar-refractivity contribution is 6.02. The number of nitrogens with two attached hydrogens (primary N) is 1. The van der Waals surface area contributed by atoms with E-state index < -0.39 is 30.4 Å². The van der Waals surface area contributed by atoms with Crippen LogP contribution >= 0.6 is 0 Å². The van der Waals surface area contributed by atoms with Crippen molar-refractivity contribution in [3.8, 4) is 0 Å². The van der Waals surface area contributed by atoms with E-state index in [1.54, 1.807) is 16.4 Å². The SMILES string of the molecule is NC(=O)O[C@@H]1CCCC[C@H]1N1Cc2ccc(C(=O)NNC(=O)C(F)F)cc2C1=O. The Morgan fingerprint density at radius 1 is 1.17 bits per heavy atom. The van der Waals surface area contributed by atoms with Gasteiger partial charge < -0.3 is 15.4 Å². The molecule has 1 saturated carbocycles. The smallest absolute Gasteiger partial charge is 0.404 e. The van der Waals surface area contributed by atoms with Crippen molar-refractivity contribution in [2.24, 2.45) is 5.73 Å². The highest BCUT2D eigenvalue weighted by Crippen LogP contribution is 2.33. The highest BCUT2D eigenvalue weighted by Gasteiger charge is 2.39. The number of halogens is 2. The van der Waals surface area contributed by atoms with Crippen LogP contribution in [0, 0.1) is 0 Å². The van der Waals surface area contributed by atoms with Crippen LogP contribution in [0.3, 0.4) is 0 Å². The van der Waals surface area contributed by atoms with E-state index >= 15 is 0 Å². The molecule has 0 spiro atoms. The molecular formula is C18H20F2N4O5. The second-order valence-corrected chi connectivity index (χ2v) is 6.88. The normalized spacial score (nSPS) is 20.9. The first-order valence-corrected chi connectivity index (χ1v) is 9.06. The lowest BCUT2D eigenvalue weighted by molar-refractivity contribution is -0.132. The van der Waals surface area contributed by atoms with Gasteiger partial charge in [0.1, 0.15) is 6.10 Å². The summed E-state index contributed by atoms with van der Waals surface area (Å²) in [6.45, 7) is 0.293.